The number of aromatic nitrogens is 1. The summed E-state index contributed by atoms with van der Waals surface area (Å²) in [5.41, 5.74) is -0.0139. The lowest BCUT2D eigenvalue weighted by atomic mass is 10.3. The van der Waals surface area contributed by atoms with E-state index in [0.29, 0.717) is 11.7 Å². The Kier molecular flexibility index (Phi) is 6.29. The Balaban J connectivity index is 2.94. The topological polar surface area (TPSA) is 97.4 Å². The smallest absolute Gasteiger partial charge is 0.358 e. The van der Waals surface area contributed by atoms with Gasteiger partial charge >= 0.3 is 5.97 Å². The highest BCUT2D eigenvalue weighted by molar-refractivity contribution is 7.17. The van der Waals surface area contributed by atoms with E-state index in [9.17, 15) is 14.4 Å². The second kappa shape index (κ2) is 7.72. The van der Waals surface area contributed by atoms with Crippen LogP contribution in [0.4, 0.5) is 5.13 Å². The SMILES string of the molecule is CCNC(=O)C(C)Nc1nc(C(=O)OCC)c(C(C)=O)s1. The summed E-state index contributed by atoms with van der Waals surface area (Å²) in [7, 11) is 0. The molecule has 0 bridgehead atoms. The molecular formula is C13H19N3O4S. The minimum Gasteiger partial charge on any atom is -0.461 e. The molecule has 1 amide bonds. The van der Waals surface area contributed by atoms with Crippen molar-refractivity contribution in [3.63, 3.8) is 0 Å². The van der Waals surface area contributed by atoms with E-state index in [2.05, 4.69) is 15.6 Å². The molecule has 21 heavy (non-hydrogen) atoms. The number of nitrogens with zero attached hydrogens (tertiary/aromatic N) is 1. The minimum atomic E-state index is -0.641. The highest BCUT2D eigenvalue weighted by Crippen LogP contribution is 2.25. The molecule has 8 heteroatoms. The molecule has 7 nitrogen and oxygen atoms in total. The van der Waals surface area contributed by atoms with Gasteiger partial charge in [0.05, 0.1) is 6.61 Å². The number of likely N-dealkylation sites (N-methyl/N-ethyl adjacent to an activating group) is 1. The van der Waals surface area contributed by atoms with Crippen molar-refractivity contribution in [2.45, 2.75) is 33.7 Å². The van der Waals surface area contributed by atoms with Gasteiger partial charge in [0, 0.05) is 13.5 Å². The number of carbonyl (C=O) groups excluding carboxylic acids is 3. The molecule has 0 saturated heterocycles. The molecule has 0 aliphatic carbocycles. The summed E-state index contributed by atoms with van der Waals surface area (Å²) in [4.78, 5) is 39.3. The highest BCUT2D eigenvalue weighted by atomic mass is 32.1. The Labute approximate surface area is 127 Å². The fraction of sp³-hybridized carbons (Fsp3) is 0.538. The van der Waals surface area contributed by atoms with Crippen LogP contribution >= 0.6 is 11.3 Å². The van der Waals surface area contributed by atoms with Crippen molar-refractivity contribution in [3.8, 4) is 0 Å². The lowest BCUT2D eigenvalue weighted by Gasteiger charge is -2.11. The fourth-order valence-corrected chi connectivity index (χ4v) is 2.47. The molecule has 0 aromatic carbocycles. The lowest BCUT2D eigenvalue weighted by molar-refractivity contribution is -0.121. The van der Waals surface area contributed by atoms with Crippen LogP contribution in [0.15, 0.2) is 0 Å². The van der Waals surface area contributed by atoms with Crippen LogP contribution < -0.4 is 10.6 Å². The fourth-order valence-electron chi connectivity index (χ4n) is 1.54. The number of ketones is 1. The number of anilines is 1. The zero-order valence-corrected chi connectivity index (χ0v) is 13.3. The number of thiazole rings is 1. The first-order valence-corrected chi connectivity index (χ1v) is 7.45. The van der Waals surface area contributed by atoms with Crippen molar-refractivity contribution in [2.24, 2.45) is 0 Å². The van der Waals surface area contributed by atoms with E-state index in [1.165, 1.54) is 6.92 Å². The van der Waals surface area contributed by atoms with Gasteiger partial charge in [0.2, 0.25) is 5.91 Å². The Hall–Kier alpha value is -1.96. The third kappa shape index (κ3) is 4.52. The third-order valence-electron chi connectivity index (χ3n) is 2.50. The van der Waals surface area contributed by atoms with Gasteiger partial charge in [-0.05, 0) is 20.8 Å². The predicted molar refractivity (Wildman–Crippen MR) is 79.8 cm³/mol. The maximum absolute atomic E-state index is 11.8. The molecular weight excluding hydrogens is 294 g/mol. The van der Waals surface area contributed by atoms with Gasteiger partial charge < -0.3 is 15.4 Å². The van der Waals surface area contributed by atoms with E-state index < -0.39 is 12.0 Å². The number of ether oxygens (including phenoxy) is 1. The standard InChI is InChI=1S/C13H19N3O4S/c1-5-14-11(18)7(3)15-13-16-9(12(19)20-6-2)10(21-13)8(4)17/h7H,5-6H2,1-4H3,(H,14,18)(H,15,16). The van der Waals surface area contributed by atoms with Crippen LogP contribution in [0.25, 0.3) is 0 Å². The summed E-state index contributed by atoms with van der Waals surface area (Å²) in [5.74, 6) is -1.10. The van der Waals surface area contributed by atoms with Gasteiger partial charge in [-0.25, -0.2) is 9.78 Å². The monoisotopic (exact) mass is 313 g/mol. The quantitative estimate of drug-likeness (QED) is 0.584. The third-order valence-corrected chi connectivity index (χ3v) is 3.59. The van der Waals surface area contributed by atoms with Crippen molar-refractivity contribution in [1.29, 1.82) is 0 Å². The largest absolute Gasteiger partial charge is 0.461 e. The van der Waals surface area contributed by atoms with Gasteiger partial charge in [-0.15, -0.1) is 0 Å². The molecule has 1 rings (SSSR count). The Bertz CT molecular complexity index is 542. The zero-order chi connectivity index (χ0) is 16.0. The molecule has 116 valence electrons. The second-order valence-corrected chi connectivity index (χ2v) is 5.23. The molecule has 0 radical (unpaired) electrons. The van der Waals surface area contributed by atoms with Crippen LogP contribution in [0, 0.1) is 0 Å². The molecule has 0 fully saturated rings. The van der Waals surface area contributed by atoms with Crippen molar-refractivity contribution >= 4 is 34.1 Å². The molecule has 0 saturated carbocycles. The van der Waals surface area contributed by atoms with Crippen molar-refractivity contribution in [2.75, 3.05) is 18.5 Å². The molecule has 1 unspecified atom stereocenters. The van der Waals surface area contributed by atoms with E-state index in [0.717, 1.165) is 11.3 Å². The summed E-state index contributed by atoms with van der Waals surface area (Å²) >= 11 is 1.03. The van der Waals surface area contributed by atoms with Gasteiger partial charge in [-0.3, -0.25) is 9.59 Å². The van der Waals surface area contributed by atoms with Crippen LogP contribution in [0.2, 0.25) is 0 Å². The summed E-state index contributed by atoms with van der Waals surface area (Å²) in [6.45, 7) is 7.24. The summed E-state index contributed by atoms with van der Waals surface area (Å²) in [5, 5.41) is 5.88. The normalized spacial score (nSPS) is 11.6. The van der Waals surface area contributed by atoms with Gasteiger partial charge in [0.1, 0.15) is 10.9 Å². The maximum Gasteiger partial charge on any atom is 0.358 e. The molecule has 0 aliphatic heterocycles. The Morgan fingerprint density at radius 3 is 2.52 bits per heavy atom. The average molecular weight is 313 g/mol. The van der Waals surface area contributed by atoms with Gasteiger partial charge in [0.25, 0.3) is 0 Å². The van der Waals surface area contributed by atoms with E-state index in [1.54, 1.807) is 13.8 Å². The van der Waals surface area contributed by atoms with E-state index in [-0.39, 0.29) is 28.9 Å². The van der Waals surface area contributed by atoms with Gasteiger partial charge in [-0.2, -0.15) is 0 Å². The summed E-state index contributed by atoms with van der Waals surface area (Å²) < 4.78 is 4.87. The number of hydrogen-bond acceptors (Lipinski definition) is 7. The summed E-state index contributed by atoms with van der Waals surface area (Å²) in [6, 6.07) is -0.522. The van der Waals surface area contributed by atoms with E-state index in [1.807, 2.05) is 6.92 Å². The number of esters is 1. The average Bonchev–Trinajstić information content (AvgIpc) is 2.83. The Morgan fingerprint density at radius 2 is 2.00 bits per heavy atom. The molecule has 1 aromatic rings. The first kappa shape index (κ1) is 17.1. The molecule has 0 aliphatic rings. The number of amides is 1. The van der Waals surface area contributed by atoms with E-state index in [4.69, 9.17) is 4.74 Å². The summed E-state index contributed by atoms with van der Waals surface area (Å²) in [6.07, 6.45) is 0. The minimum absolute atomic E-state index is 0.0139. The molecule has 1 atom stereocenters. The number of carbonyl (C=O) groups is 3. The van der Waals surface area contributed by atoms with Crippen LogP contribution in [-0.2, 0) is 9.53 Å². The van der Waals surface area contributed by atoms with Gasteiger partial charge in [-0.1, -0.05) is 11.3 Å². The number of rotatable bonds is 7. The first-order valence-electron chi connectivity index (χ1n) is 6.63. The van der Waals surface area contributed by atoms with Gasteiger partial charge in [0.15, 0.2) is 16.6 Å². The predicted octanol–water partition coefficient (Wildman–Crippen LogP) is 1.46. The molecule has 1 heterocycles. The van der Waals surface area contributed by atoms with Crippen molar-refractivity contribution < 1.29 is 19.1 Å². The molecule has 0 spiro atoms. The number of nitrogens with one attached hydrogen (secondary N) is 2. The zero-order valence-electron chi connectivity index (χ0n) is 12.5. The van der Waals surface area contributed by atoms with Crippen LogP contribution in [0.5, 0.6) is 0 Å². The van der Waals surface area contributed by atoms with Crippen LogP contribution in [0.3, 0.4) is 0 Å². The number of Topliss-reactive ketones (excluding diaryl/α,β-unsaturated/α-hetero) is 1. The van der Waals surface area contributed by atoms with Crippen LogP contribution in [-0.4, -0.2) is 41.8 Å². The van der Waals surface area contributed by atoms with Crippen molar-refractivity contribution in [3.05, 3.63) is 10.6 Å². The molecule has 2 N–H and O–H groups in total. The molecule has 1 aromatic heterocycles. The highest BCUT2D eigenvalue weighted by Gasteiger charge is 2.23. The second-order valence-electron chi connectivity index (χ2n) is 4.23. The van der Waals surface area contributed by atoms with Crippen molar-refractivity contribution in [1.82, 2.24) is 10.3 Å². The lowest BCUT2D eigenvalue weighted by Crippen LogP contribution is -2.37. The van der Waals surface area contributed by atoms with Crippen LogP contribution in [0.1, 0.15) is 47.9 Å². The van der Waals surface area contributed by atoms with E-state index >= 15 is 0 Å². The first-order chi connectivity index (χ1) is 9.90. The Morgan fingerprint density at radius 1 is 1.33 bits per heavy atom. The number of hydrogen-bond donors (Lipinski definition) is 2. The maximum atomic E-state index is 11.8.